The molecule has 0 bridgehead atoms. The highest BCUT2D eigenvalue weighted by Gasteiger charge is 2.46. The van der Waals surface area contributed by atoms with Crippen molar-refractivity contribution in [2.24, 2.45) is 5.73 Å². The Morgan fingerprint density at radius 2 is 2.27 bits per heavy atom. The number of thiazole rings is 1. The molecule has 1 fully saturated rings. The van der Waals surface area contributed by atoms with Crippen molar-refractivity contribution in [2.75, 3.05) is 0 Å². The number of alkyl halides is 2. The molecule has 3 N–H and O–H groups in total. The van der Waals surface area contributed by atoms with Crippen LogP contribution in [0, 0.1) is 0 Å². The number of fused-ring (bicyclic) bond motifs is 1. The largest absolute Gasteiger partial charge is 0.340 e. The molecule has 3 aromatic rings. The van der Waals surface area contributed by atoms with E-state index < -0.39 is 23.9 Å². The van der Waals surface area contributed by atoms with E-state index >= 15 is 0 Å². The molecule has 9 heteroatoms. The maximum absolute atomic E-state index is 14.1. The van der Waals surface area contributed by atoms with Crippen molar-refractivity contribution >= 4 is 22.8 Å². The molecule has 0 spiro atoms. The van der Waals surface area contributed by atoms with Crippen molar-refractivity contribution in [3.8, 4) is 11.3 Å². The quantitative estimate of drug-likeness (QED) is 0.735. The first-order valence-corrected chi connectivity index (χ1v) is 9.16. The van der Waals surface area contributed by atoms with Crippen LogP contribution >= 0.6 is 11.3 Å². The first-order valence-electron chi connectivity index (χ1n) is 8.28. The van der Waals surface area contributed by atoms with Gasteiger partial charge in [-0.05, 0) is 25.0 Å². The summed E-state index contributed by atoms with van der Waals surface area (Å²) in [5, 5.41) is 8.47. The molecule has 4 rings (SSSR count). The lowest BCUT2D eigenvalue weighted by atomic mass is 9.87. The highest BCUT2D eigenvalue weighted by atomic mass is 32.1. The predicted molar refractivity (Wildman–Crippen MR) is 94.3 cm³/mol. The highest BCUT2D eigenvalue weighted by molar-refractivity contribution is 7.12. The van der Waals surface area contributed by atoms with Crippen LogP contribution in [-0.4, -0.2) is 38.5 Å². The Balaban J connectivity index is 1.57. The lowest BCUT2D eigenvalue weighted by molar-refractivity contribution is -0.0674. The van der Waals surface area contributed by atoms with Crippen LogP contribution in [0.15, 0.2) is 36.0 Å². The fourth-order valence-electron chi connectivity index (χ4n) is 3.26. The molecule has 0 radical (unpaired) electrons. The van der Waals surface area contributed by atoms with Gasteiger partial charge in [-0.2, -0.15) is 5.10 Å². The van der Waals surface area contributed by atoms with Gasteiger partial charge in [-0.1, -0.05) is 6.07 Å². The summed E-state index contributed by atoms with van der Waals surface area (Å²) in [6.45, 7) is 0. The Labute approximate surface area is 152 Å². The molecule has 26 heavy (non-hydrogen) atoms. The third-order valence-corrected chi connectivity index (χ3v) is 5.46. The summed E-state index contributed by atoms with van der Waals surface area (Å²) in [6, 6.07) is 3.50. The molecule has 2 atom stereocenters. The Hall–Kier alpha value is -2.39. The summed E-state index contributed by atoms with van der Waals surface area (Å²) in [4.78, 5) is 16.7. The van der Waals surface area contributed by atoms with Crippen molar-refractivity contribution in [1.82, 2.24) is 19.9 Å². The minimum atomic E-state index is -3.00. The summed E-state index contributed by atoms with van der Waals surface area (Å²) in [5.41, 5.74) is 8.02. The van der Waals surface area contributed by atoms with Crippen molar-refractivity contribution in [1.29, 1.82) is 0 Å². The van der Waals surface area contributed by atoms with Crippen LogP contribution in [0.5, 0.6) is 0 Å². The Morgan fingerprint density at radius 1 is 1.42 bits per heavy atom. The monoisotopic (exact) mass is 377 g/mol. The number of amides is 1. The molecular formula is C17H17F2N5OS. The Kier molecular flexibility index (Phi) is 4.20. The minimum Gasteiger partial charge on any atom is -0.340 e. The highest BCUT2D eigenvalue weighted by Crippen LogP contribution is 2.33. The lowest BCUT2D eigenvalue weighted by Gasteiger charge is -2.36. The average molecular weight is 377 g/mol. The summed E-state index contributed by atoms with van der Waals surface area (Å²) < 4.78 is 29.9. The Morgan fingerprint density at radius 3 is 3.08 bits per heavy atom. The molecule has 3 heterocycles. The fourth-order valence-corrected chi connectivity index (χ4v) is 3.98. The molecule has 1 amide bonds. The van der Waals surface area contributed by atoms with E-state index in [0.29, 0.717) is 18.5 Å². The summed E-state index contributed by atoms with van der Waals surface area (Å²) in [5.74, 6) is -3.63. The number of hydrogen-bond acceptors (Lipinski definition) is 5. The Bertz CT molecular complexity index is 953. The molecule has 0 aromatic carbocycles. The molecular weight excluding hydrogens is 360 g/mol. The molecule has 0 saturated heterocycles. The number of aromatic nitrogens is 3. The average Bonchev–Trinajstić information content (AvgIpc) is 3.24. The van der Waals surface area contributed by atoms with Crippen LogP contribution < -0.4 is 11.1 Å². The van der Waals surface area contributed by atoms with Crippen LogP contribution in [0.3, 0.4) is 0 Å². The van der Waals surface area contributed by atoms with Gasteiger partial charge in [-0.3, -0.25) is 4.79 Å². The number of rotatable bonds is 3. The number of pyridine rings is 1. The van der Waals surface area contributed by atoms with Gasteiger partial charge >= 0.3 is 0 Å². The summed E-state index contributed by atoms with van der Waals surface area (Å²) in [7, 11) is 0. The van der Waals surface area contributed by atoms with Crippen LogP contribution in [0.25, 0.3) is 16.8 Å². The van der Waals surface area contributed by atoms with Crippen LogP contribution in [0.1, 0.15) is 29.1 Å². The standard InChI is InChI=1S/C17H17F2N5OS/c18-17(19)6-3-4-11(20)14(17)23-15(25)16-22-12(9-26-16)10-8-21-24-7-2-1-5-13(10)24/h1-2,5,7-9,11,14H,3-4,6,20H2,(H,23,25). The zero-order valence-electron chi connectivity index (χ0n) is 13.7. The number of nitrogens with two attached hydrogens (primary N) is 1. The molecule has 1 aliphatic rings. The van der Waals surface area contributed by atoms with Gasteiger partial charge in [0.2, 0.25) is 0 Å². The number of halogens is 2. The van der Waals surface area contributed by atoms with Gasteiger partial charge < -0.3 is 11.1 Å². The van der Waals surface area contributed by atoms with E-state index in [4.69, 9.17) is 5.73 Å². The lowest BCUT2D eigenvalue weighted by Crippen LogP contribution is -2.59. The number of carbonyl (C=O) groups excluding carboxylic acids is 1. The summed E-state index contributed by atoms with van der Waals surface area (Å²) >= 11 is 1.11. The van der Waals surface area contributed by atoms with E-state index in [0.717, 1.165) is 22.4 Å². The molecule has 1 aliphatic carbocycles. The van der Waals surface area contributed by atoms with Gasteiger partial charge in [0.1, 0.15) is 6.04 Å². The number of hydrogen-bond donors (Lipinski definition) is 2. The van der Waals surface area contributed by atoms with Crippen molar-refractivity contribution in [3.63, 3.8) is 0 Å². The first kappa shape index (κ1) is 17.0. The van der Waals surface area contributed by atoms with E-state index in [1.54, 1.807) is 16.1 Å². The molecule has 136 valence electrons. The van der Waals surface area contributed by atoms with Gasteiger partial charge in [0.05, 0.1) is 17.4 Å². The molecule has 3 aromatic heterocycles. The second kappa shape index (κ2) is 6.40. The SMILES string of the molecule is NC1CCCC(F)(F)C1NC(=O)c1nc(-c2cnn3ccccc23)cs1. The van der Waals surface area contributed by atoms with Crippen LogP contribution in [-0.2, 0) is 0 Å². The van der Waals surface area contributed by atoms with Gasteiger partial charge in [0.15, 0.2) is 5.01 Å². The van der Waals surface area contributed by atoms with Crippen LogP contribution in [0.2, 0.25) is 0 Å². The zero-order chi connectivity index (χ0) is 18.3. The second-order valence-electron chi connectivity index (χ2n) is 6.39. The van der Waals surface area contributed by atoms with Gasteiger partial charge in [-0.25, -0.2) is 18.3 Å². The second-order valence-corrected chi connectivity index (χ2v) is 7.25. The van der Waals surface area contributed by atoms with Crippen LogP contribution in [0.4, 0.5) is 8.78 Å². The number of nitrogens with one attached hydrogen (secondary N) is 1. The van der Waals surface area contributed by atoms with Gasteiger partial charge in [0, 0.05) is 29.6 Å². The molecule has 2 unspecified atom stereocenters. The third-order valence-electron chi connectivity index (χ3n) is 4.62. The van der Waals surface area contributed by atoms with E-state index in [-0.39, 0.29) is 11.4 Å². The smallest absolute Gasteiger partial charge is 0.280 e. The minimum absolute atomic E-state index is 0.129. The molecule has 1 saturated carbocycles. The van der Waals surface area contributed by atoms with E-state index in [2.05, 4.69) is 15.4 Å². The van der Waals surface area contributed by atoms with Gasteiger partial charge in [0.25, 0.3) is 11.8 Å². The maximum Gasteiger partial charge on any atom is 0.280 e. The third kappa shape index (κ3) is 2.97. The van der Waals surface area contributed by atoms with Gasteiger partial charge in [-0.15, -0.1) is 11.3 Å². The van der Waals surface area contributed by atoms with Crippen molar-refractivity contribution < 1.29 is 13.6 Å². The molecule has 6 nitrogen and oxygen atoms in total. The van der Waals surface area contributed by atoms with E-state index in [1.807, 2.05) is 24.4 Å². The topological polar surface area (TPSA) is 85.3 Å². The first-order chi connectivity index (χ1) is 12.5. The van der Waals surface area contributed by atoms with Crippen molar-refractivity contribution in [3.05, 3.63) is 41.0 Å². The van der Waals surface area contributed by atoms with Crippen molar-refractivity contribution in [2.45, 2.75) is 37.3 Å². The maximum atomic E-state index is 14.1. The normalized spacial score (nSPS) is 22.4. The zero-order valence-corrected chi connectivity index (χ0v) is 14.5. The summed E-state index contributed by atoms with van der Waals surface area (Å²) in [6.07, 6.45) is 4.03. The predicted octanol–water partition coefficient (Wildman–Crippen LogP) is 2.70. The molecule has 0 aliphatic heterocycles. The van der Waals surface area contributed by atoms with E-state index in [9.17, 15) is 13.6 Å². The number of nitrogens with zero attached hydrogens (tertiary/aromatic N) is 3. The fraction of sp³-hybridized carbons (Fsp3) is 0.353. The van der Waals surface area contributed by atoms with E-state index in [1.165, 1.54) is 0 Å². The number of carbonyl (C=O) groups is 1.